The van der Waals surface area contributed by atoms with Gasteiger partial charge in [-0.05, 0) is 51.0 Å². The molecule has 0 spiro atoms. The molecule has 2 aromatic rings. The number of benzene rings is 2. The maximum atomic E-state index is 13.0. The van der Waals surface area contributed by atoms with Gasteiger partial charge in [0.2, 0.25) is 5.91 Å². The Morgan fingerprint density at radius 2 is 1.39 bits per heavy atom. The SMILES string of the molecule is Cc1ccc(N(C(=O)C2CC2)S(=O)(=O)c2ccc(C)cc2)cc1. The molecule has 23 heavy (non-hydrogen) atoms. The molecule has 0 N–H and O–H groups in total. The van der Waals surface area contributed by atoms with Crippen LogP contribution in [0.3, 0.4) is 0 Å². The van der Waals surface area contributed by atoms with Gasteiger partial charge in [-0.25, -0.2) is 12.7 Å². The quantitative estimate of drug-likeness (QED) is 0.863. The molecule has 120 valence electrons. The number of nitrogens with zero attached hydrogens (tertiary/aromatic N) is 1. The van der Waals surface area contributed by atoms with Gasteiger partial charge in [0.25, 0.3) is 10.0 Å². The van der Waals surface area contributed by atoms with Crippen LogP contribution < -0.4 is 4.31 Å². The number of aryl methyl sites for hydroxylation is 2. The summed E-state index contributed by atoms with van der Waals surface area (Å²) in [6.07, 6.45) is 1.51. The molecule has 2 aromatic carbocycles. The number of hydrogen-bond donors (Lipinski definition) is 0. The molecule has 0 bridgehead atoms. The monoisotopic (exact) mass is 329 g/mol. The first-order valence-corrected chi connectivity index (χ1v) is 9.06. The molecule has 1 aliphatic carbocycles. The maximum Gasteiger partial charge on any atom is 0.270 e. The highest BCUT2D eigenvalue weighted by molar-refractivity contribution is 7.93. The van der Waals surface area contributed by atoms with Crippen LogP contribution >= 0.6 is 0 Å². The first-order chi connectivity index (χ1) is 10.9. The zero-order valence-electron chi connectivity index (χ0n) is 13.2. The smallest absolute Gasteiger partial charge is 0.270 e. The second-order valence-electron chi connectivity index (χ2n) is 6.03. The minimum absolute atomic E-state index is 0.137. The Kier molecular flexibility index (Phi) is 3.98. The summed E-state index contributed by atoms with van der Waals surface area (Å²) in [6, 6.07) is 13.6. The van der Waals surface area contributed by atoms with Crippen LogP contribution in [0.4, 0.5) is 5.69 Å². The summed E-state index contributed by atoms with van der Waals surface area (Å²) in [4.78, 5) is 12.8. The number of rotatable bonds is 4. The normalized spacial score (nSPS) is 14.5. The topological polar surface area (TPSA) is 54.5 Å². The van der Waals surface area contributed by atoms with Gasteiger partial charge in [0, 0.05) is 5.92 Å². The van der Waals surface area contributed by atoms with E-state index in [1.54, 1.807) is 36.4 Å². The minimum atomic E-state index is -3.90. The number of carbonyl (C=O) groups excluding carboxylic acids is 1. The van der Waals surface area contributed by atoms with Crippen LogP contribution in [-0.2, 0) is 14.8 Å². The molecule has 3 rings (SSSR count). The van der Waals surface area contributed by atoms with E-state index in [0.29, 0.717) is 5.69 Å². The Hall–Kier alpha value is -2.14. The van der Waals surface area contributed by atoms with E-state index in [0.717, 1.165) is 28.3 Å². The van der Waals surface area contributed by atoms with Crippen molar-refractivity contribution < 1.29 is 13.2 Å². The van der Waals surface area contributed by atoms with Crippen molar-refractivity contribution in [3.8, 4) is 0 Å². The third-order valence-corrected chi connectivity index (χ3v) is 5.69. The first kappa shape index (κ1) is 15.7. The Bertz CT molecular complexity index is 820. The standard InChI is InChI=1S/C18H19NO3S/c1-13-3-9-16(10-4-13)19(18(20)15-7-8-15)23(21,22)17-11-5-14(2)6-12-17/h3-6,9-12,15H,7-8H2,1-2H3. The summed E-state index contributed by atoms with van der Waals surface area (Å²) < 4.78 is 27.0. The molecule has 0 heterocycles. The summed E-state index contributed by atoms with van der Waals surface area (Å²) >= 11 is 0. The molecule has 1 saturated carbocycles. The molecule has 0 atom stereocenters. The van der Waals surface area contributed by atoms with Crippen molar-refractivity contribution in [1.29, 1.82) is 0 Å². The van der Waals surface area contributed by atoms with Gasteiger partial charge in [-0.15, -0.1) is 0 Å². The molecule has 0 radical (unpaired) electrons. The van der Waals surface area contributed by atoms with Crippen LogP contribution in [-0.4, -0.2) is 14.3 Å². The lowest BCUT2D eigenvalue weighted by molar-refractivity contribution is -0.118. The highest BCUT2D eigenvalue weighted by Crippen LogP contribution is 2.35. The van der Waals surface area contributed by atoms with Gasteiger partial charge in [-0.3, -0.25) is 4.79 Å². The number of amides is 1. The van der Waals surface area contributed by atoms with E-state index in [9.17, 15) is 13.2 Å². The molecule has 4 nitrogen and oxygen atoms in total. The van der Waals surface area contributed by atoms with Crippen molar-refractivity contribution in [2.24, 2.45) is 5.92 Å². The molecule has 5 heteroatoms. The van der Waals surface area contributed by atoms with Crippen LogP contribution in [0.2, 0.25) is 0 Å². The maximum absolute atomic E-state index is 13.0. The lowest BCUT2D eigenvalue weighted by Crippen LogP contribution is -2.38. The Labute approximate surface area is 136 Å². The lowest BCUT2D eigenvalue weighted by Gasteiger charge is -2.23. The van der Waals surface area contributed by atoms with Gasteiger partial charge >= 0.3 is 0 Å². The number of carbonyl (C=O) groups is 1. The van der Waals surface area contributed by atoms with Crippen LogP contribution in [0.1, 0.15) is 24.0 Å². The fourth-order valence-electron chi connectivity index (χ4n) is 2.38. The number of sulfonamides is 1. The van der Waals surface area contributed by atoms with Crippen LogP contribution in [0.5, 0.6) is 0 Å². The molecule has 1 fully saturated rings. The summed E-state index contributed by atoms with van der Waals surface area (Å²) in [5.74, 6) is -0.522. The summed E-state index contributed by atoms with van der Waals surface area (Å²) in [5.41, 5.74) is 2.38. The zero-order chi connectivity index (χ0) is 16.6. The van der Waals surface area contributed by atoms with E-state index in [-0.39, 0.29) is 16.7 Å². The fraction of sp³-hybridized carbons (Fsp3) is 0.278. The van der Waals surface area contributed by atoms with Gasteiger partial charge in [0.05, 0.1) is 10.6 Å². The van der Waals surface area contributed by atoms with E-state index < -0.39 is 10.0 Å². The molecule has 1 aliphatic rings. The van der Waals surface area contributed by atoms with Crippen molar-refractivity contribution in [3.63, 3.8) is 0 Å². The predicted molar refractivity (Wildman–Crippen MR) is 89.8 cm³/mol. The van der Waals surface area contributed by atoms with E-state index in [1.807, 2.05) is 26.0 Å². The molecule has 0 aromatic heterocycles. The number of anilines is 1. The van der Waals surface area contributed by atoms with E-state index in [1.165, 1.54) is 0 Å². The molecule has 1 amide bonds. The third kappa shape index (κ3) is 3.15. The van der Waals surface area contributed by atoms with Crippen molar-refractivity contribution in [2.45, 2.75) is 31.6 Å². The Morgan fingerprint density at radius 3 is 1.87 bits per heavy atom. The van der Waals surface area contributed by atoms with Crippen molar-refractivity contribution in [2.75, 3.05) is 4.31 Å². The van der Waals surface area contributed by atoms with Crippen LogP contribution in [0, 0.1) is 19.8 Å². The Balaban J connectivity index is 2.08. The van der Waals surface area contributed by atoms with Crippen molar-refractivity contribution >= 4 is 21.6 Å². The molecular weight excluding hydrogens is 310 g/mol. The predicted octanol–water partition coefficient (Wildman–Crippen LogP) is 3.44. The molecule has 0 saturated heterocycles. The minimum Gasteiger partial charge on any atom is -0.273 e. The average molecular weight is 329 g/mol. The molecule has 0 aliphatic heterocycles. The summed E-state index contributed by atoms with van der Waals surface area (Å²) in [5, 5.41) is 0. The highest BCUT2D eigenvalue weighted by Gasteiger charge is 2.40. The second-order valence-corrected chi connectivity index (χ2v) is 7.82. The molecule has 0 unspecified atom stereocenters. The third-order valence-electron chi connectivity index (χ3n) is 3.95. The lowest BCUT2D eigenvalue weighted by atomic mass is 10.2. The van der Waals surface area contributed by atoms with Crippen LogP contribution in [0.25, 0.3) is 0 Å². The van der Waals surface area contributed by atoms with E-state index in [2.05, 4.69) is 0 Å². The van der Waals surface area contributed by atoms with Gasteiger partial charge in [0.1, 0.15) is 0 Å². The zero-order valence-corrected chi connectivity index (χ0v) is 14.0. The van der Waals surface area contributed by atoms with Crippen LogP contribution in [0.15, 0.2) is 53.4 Å². The second kappa shape index (κ2) is 5.81. The summed E-state index contributed by atoms with van der Waals surface area (Å²) in [6.45, 7) is 3.81. The average Bonchev–Trinajstić information content (AvgIpc) is 3.34. The van der Waals surface area contributed by atoms with Gasteiger partial charge in [-0.2, -0.15) is 0 Å². The van der Waals surface area contributed by atoms with E-state index >= 15 is 0 Å². The van der Waals surface area contributed by atoms with E-state index in [4.69, 9.17) is 0 Å². The largest absolute Gasteiger partial charge is 0.273 e. The summed E-state index contributed by atoms with van der Waals surface area (Å²) in [7, 11) is -3.90. The van der Waals surface area contributed by atoms with Gasteiger partial charge < -0.3 is 0 Å². The number of hydrogen-bond acceptors (Lipinski definition) is 3. The fourth-order valence-corrected chi connectivity index (χ4v) is 3.85. The van der Waals surface area contributed by atoms with Gasteiger partial charge in [0.15, 0.2) is 0 Å². The van der Waals surface area contributed by atoms with Crippen molar-refractivity contribution in [1.82, 2.24) is 0 Å². The highest BCUT2D eigenvalue weighted by atomic mass is 32.2. The molecular formula is C18H19NO3S. The Morgan fingerprint density at radius 1 is 0.913 bits per heavy atom. The van der Waals surface area contributed by atoms with Gasteiger partial charge in [-0.1, -0.05) is 35.4 Å². The van der Waals surface area contributed by atoms with Crippen molar-refractivity contribution in [3.05, 3.63) is 59.7 Å². The first-order valence-electron chi connectivity index (χ1n) is 7.62.